The fraction of sp³-hybridized carbons (Fsp3) is 0.583. The second kappa shape index (κ2) is 4.57. The van der Waals surface area contributed by atoms with Crippen molar-refractivity contribution in [3.05, 3.63) is 6.33 Å². The summed E-state index contributed by atoms with van der Waals surface area (Å²) in [6, 6.07) is 0. The lowest BCUT2D eigenvalue weighted by atomic mass is 10.0. The van der Waals surface area contributed by atoms with E-state index in [1.54, 1.807) is 6.33 Å². The number of aliphatic hydroxyl groups is 1. The van der Waals surface area contributed by atoms with E-state index in [0.29, 0.717) is 31.0 Å². The van der Waals surface area contributed by atoms with Gasteiger partial charge in [-0.15, -0.1) is 0 Å². The summed E-state index contributed by atoms with van der Waals surface area (Å²) in [7, 11) is 3.91. The highest BCUT2D eigenvalue weighted by Gasteiger charge is 2.37. The lowest BCUT2D eigenvalue weighted by molar-refractivity contribution is 0.0366. The zero-order valence-electron chi connectivity index (χ0n) is 11.7. The van der Waals surface area contributed by atoms with Gasteiger partial charge in [0.1, 0.15) is 5.52 Å². The number of nitrogen functional groups attached to an aromatic ring is 1. The molecule has 108 valence electrons. The van der Waals surface area contributed by atoms with Crippen molar-refractivity contribution in [2.45, 2.75) is 12.0 Å². The molecule has 8 heteroatoms. The second-order valence-electron chi connectivity index (χ2n) is 5.64. The fourth-order valence-corrected chi connectivity index (χ4v) is 2.82. The lowest BCUT2D eigenvalue weighted by Crippen LogP contribution is -2.42. The molecule has 2 aromatic heterocycles. The Kier molecular flexibility index (Phi) is 2.98. The molecule has 0 radical (unpaired) electrons. The SMILES string of the molecule is CN(C)C[C@]1(O)CCN(c2nc(N)nc3nc[nH]c23)C1. The number of hydrogen-bond acceptors (Lipinski definition) is 7. The molecule has 20 heavy (non-hydrogen) atoms. The van der Waals surface area contributed by atoms with Crippen molar-refractivity contribution in [2.24, 2.45) is 0 Å². The summed E-state index contributed by atoms with van der Waals surface area (Å²) in [5.41, 5.74) is 6.31. The molecule has 1 saturated heterocycles. The maximum atomic E-state index is 10.6. The van der Waals surface area contributed by atoms with E-state index >= 15 is 0 Å². The molecule has 0 spiro atoms. The summed E-state index contributed by atoms with van der Waals surface area (Å²) in [6.07, 6.45) is 2.27. The standard InChI is InChI=1S/C12H19N7O/c1-18(2)5-12(20)3-4-19(6-12)10-8-9(15-7-14-8)16-11(13)17-10/h7,20H,3-6H2,1-2H3,(H3,13,14,15,16,17)/t12-/m1/s1. The quantitative estimate of drug-likeness (QED) is 0.690. The van der Waals surface area contributed by atoms with E-state index in [0.717, 1.165) is 12.1 Å². The molecule has 2 aromatic rings. The van der Waals surface area contributed by atoms with E-state index in [9.17, 15) is 5.11 Å². The van der Waals surface area contributed by atoms with Gasteiger partial charge in [0, 0.05) is 19.6 Å². The molecular formula is C12H19N7O. The van der Waals surface area contributed by atoms with Crippen molar-refractivity contribution >= 4 is 22.9 Å². The monoisotopic (exact) mass is 277 g/mol. The van der Waals surface area contributed by atoms with E-state index in [1.807, 2.05) is 23.9 Å². The average Bonchev–Trinajstić information content (AvgIpc) is 2.93. The molecule has 8 nitrogen and oxygen atoms in total. The number of β-amino-alcohol motifs (C(OH)–C–C–N with tert-alkyl or cyclic N) is 1. The van der Waals surface area contributed by atoms with Gasteiger partial charge in [0.15, 0.2) is 11.5 Å². The Bertz CT molecular complexity index is 625. The van der Waals surface area contributed by atoms with Gasteiger partial charge in [-0.05, 0) is 20.5 Å². The number of hydrogen-bond donors (Lipinski definition) is 3. The first-order chi connectivity index (χ1) is 9.47. The van der Waals surface area contributed by atoms with Crippen LogP contribution < -0.4 is 10.6 Å². The van der Waals surface area contributed by atoms with Crippen LogP contribution in [0.4, 0.5) is 11.8 Å². The predicted molar refractivity (Wildman–Crippen MR) is 76.4 cm³/mol. The number of imidazole rings is 1. The first kappa shape index (κ1) is 13.1. The summed E-state index contributed by atoms with van der Waals surface area (Å²) in [4.78, 5) is 19.5. The van der Waals surface area contributed by atoms with E-state index in [2.05, 4.69) is 19.9 Å². The molecule has 0 bridgehead atoms. The minimum absolute atomic E-state index is 0.197. The Balaban J connectivity index is 1.91. The van der Waals surface area contributed by atoms with Gasteiger partial charge in [-0.2, -0.15) is 9.97 Å². The van der Waals surface area contributed by atoms with Crippen molar-refractivity contribution in [3.8, 4) is 0 Å². The number of nitrogens with two attached hydrogens (primary N) is 1. The fourth-order valence-electron chi connectivity index (χ4n) is 2.82. The molecule has 1 atom stereocenters. The van der Waals surface area contributed by atoms with Crippen LogP contribution in [0.1, 0.15) is 6.42 Å². The van der Waals surface area contributed by atoms with Gasteiger partial charge in [0.2, 0.25) is 5.95 Å². The van der Waals surface area contributed by atoms with Gasteiger partial charge >= 0.3 is 0 Å². The lowest BCUT2D eigenvalue weighted by Gasteiger charge is -2.27. The number of nitrogens with one attached hydrogen (secondary N) is 1. The predicted octanol–water partition coefficient (Wildman–Crippen LogP) is -0.562. The molecule has 0 aromatic carbocycles. The summed E-state index contributed by atoms with van der Waals surface area (Å²) in [5.74, 6) is 0.905. The first-order valence-electron chi connectivity index (χ1n) is 6.55. The third-order valence-corrected chi connectivity index (χ3v) is 3.53. The largest absolute Gasteiger partial charge is 0.387 e. The van der Waals surface area contributed by atoms with Crippen molar-refractivity contribution in [2.75, 3.05) is 44.4 Å². The van der Waals surface area contributed by atoms with Gasteiger partial charge in [0.05, 0.1) is 11.9 Å². The van der Waals surface area contributed by atoms with Crippen LogP contribution in [0.15, 0.2) is 6.33 Å². The van der Waals surface area contributed by atoms with E-state index < -0.39 is 5.60 Å². The normalized spacial score (nSPS) is 23.1. The highest BCUT2D eigenvalue weighted by atomic mass is 16.3. The highest BCUT2D eigenvalue weighted by Crippen LogP contribution is 2.29. The Morgan fingerprint density at radius 3 is 3.05 bits per heavy atom. The third-order valence-electron chi connectivity index (χ3n) is 3.53. The zero-order valence-corrected chi connectivity index (χ0v) is 11.7. The Labute approximate surface area is 116 Å². The molecule has 4 N–H and O–H groups in total. The summed E-state index contributed by atoms with van der Waals surface area (Å²) < 4.78 is 0. The molecule has 0 aliphatic carbocycles. The van der Waals surface area contributed by atoms with Gasteiger partial charge in [-0.3, -0.25) is 0 Å². The van der Waals surface area contributed by atoms with Crippen molar-refractivity contribution in [1.82, 2.24) is 24.8 Å². The summed E-state index contributed by atoms with van der Waals surface area (Å²) in [6.45, 7) is 1.88. The Morgan fingerprint density at radius 2 is 2.30 bits per heavy atom. The van der Waals surface area contributed by atoms with Crippen LogP contribution in [0.5, 0.6) is 0 Å². The van der Waals surface area contributed by atoms with E-state index in [-0.39, 0.29) is 5.95 Å². The number of likely N-dealkylation sites (N-methyl/N-ethyl adjacent to an activating group) is 1. The number of fused-ring (bicyclic) bond motifs is 1. The average molecular weight is 277 g/mol. The van der Waals surface area contributed by atoms with Crippen molar-refractivity contribution in [1.29, 1.82) is 0 Å². The van der Waals surface area contributed by atoms with Crippen LogP contribution in [0, 0.1) is 0 Å². The minimum atomic E-state index is -0.727. The van der Waals surface area contributed by atoms with Gasteiger partial charge in [-0.25, -0.2) is 4.98 Å². The molecule has 1 aliphatic rings. The molecule has 0 saturated carbocycles. The molecule has 0 unspecified atom stereocenters. The van der Waals surface area contributed by atoms with Crippen molar-refractivity contribution < 1.29 is 5.11 Å². The first-order valence-corrected chi connectivity index (χ1v) is 6.55. The topological polar surface area (TPSA) is 107 Å². The maximum absolute atomic E-state index is 10.6. The maximum Gasteiger partial charge on any atom is 0.224 e. The van der Waals surface area contributed by atoms with Crippen molar-refractivity contribution in [3.63, 3.8) is 0 Å². The number of aromatic amines is 1. The van der Waals surface area contributed by atoms with Crippen LogP contribution in [0.2, 0.25) is 0 Å². The molecular weight excluding hydrogens is 258 g/mol. The van der Waals surface area contributed by atoms with Crippen LogP contribution in [0.25, 0.3) is 11.2 Å². The Hall–Kier alpha value is -1.93. The van der Waals surface area contributed by atoms with Crippen LogP contribution >= 0.6 is 0 Å². The van der Waals surface area contributed by atoms with Gasteiger partial charge in [0.25, 0.3) is 0 Å². The number of aromatic nitrogens is 4. The molecule has 0 amide bonds. The van der Waals surface area contributed by atoms with E-state index in [4.69, 9.17) is 5.73 Å². The van der Waals surface area contributed by atoms with Gasteiger partial charge in [-0.1, -0.05) is 0 Å². The van der Waals surface area contributed by atoms with Gasteiger partial charge < -0.3 is 25.6 Å². The van der Waals surface area contributed by atoms with Crippen LogP contribution in [-0.2, 0) is 0 Å². The number of H-pyrrole nitrogens is 1. The molecule has 1 fully saturated rings. The minimum Gasteiger partial charge on any atom is -0.387 e. The second-order valence-corrected chi connectivity index (χ2v) is 5.64. The smallest absolute Gasteiger partial charge is 0.224 e. The number of anilines is 2. The summed E-state index contributed by atoms with van der Waals surface area (Å²) in [5, 5.41) is 10.6. The number of rotatable bonds is 3. The highest BCUT2D eigenvalue weighted by molar-refractivity contribution is 5.84. The van der Waals surface area contributed by atoms with Crippen LogP contribution in [-0.4, -0.2) is 69.3 Å². The zero-order chi connectivity index (χ0) is 14.3. The Morgan fingerprint density at radius 1 is 1.50 bits per heavy atom. The van der Waals surface area contributed by atoms with E-state index in [1.165, 1.54) is 0 Å². The molecule has 3 rings (SSSR count). The summed E-state index contributed by atoms with van der Waals surface area (Å²) >= 11 is 0. The third kappa shape index (κ3) is 2.27. The van der Waals surface area contributed by atoms with Crippen LogP contribution in [0.3, 0.4) is 0 Å². The molecule has 1 aliphatic heterocycles. The molecule has 3 heterocycles. The number of nitrogens with zero attached hydrogens (tertiary/aromatic N) is 5.